The van der Waals surface area contributed by atoms with Gasteiger partial charge in [-0.1, -0.05) is 39.8 Å². The summed E-state index contributed by atoms with van der Waals surface area (Å²) in [6.07, 6.45) is 3.95. The Bertz CT molecular complexity index is 2180. The van der Waals surface area contributed by atoms with Crippen LogP contribution in [0, 0.1) is 23.7 Å². The van der Waals surface area contributed by atoms with Gasteiger partial charge in [0.15, 0.2) is 17.5 Å². The summed E-state index contributed by atoms with van der Waals surface area (Å²) < 4.78 is 40.7. The molecular formula is C50H72N6O11. The van der Waals surface area contributed by atoms with Crippen molar-refractivity contribution in [2.75, 3.05) is 27.2 Å². The number of nitrogens with zero attached hydrogens (tertiary/aromatic N) is 6. The van der Waals surface area contributed by atoms with E-state index >= 15 is 4.79 Å². The van der Waals surface area contributed by atoms with E-state index in [1.165, 1.54) is 7.11 Å². The van der Waals surface area contributed by atoms with Crippen molar-refractivity contribution in [2.45, 2.75) is 161 Å². The number of ketones is 1. The molecule has 368 valence electrons. The van der Waals surface area contributed by atoms with Crippen molar-refractivity contribution in [1.29, 1.82) is 0 Å². The minimum absolute atomic E-state index is 0.109. The number of cyclic esters (lactones) is 1. The van der Waals surface area contributed by atoms with Crippen molar-refractivity contribution in [3.63, 3.8) is 0 Å². The van der Waals surface area contributed by atoms with E-state index in [4.69, 9.17) is 28.4 Å². The number of aromatic nitrogens is 4. The molecule has 3 aliphatic rings. The van der Waals surface area contributed by atoms with Gasteiger partial charge in [0, 0.05) is 69.1 Å². The van der Waals surface area contributed by atoms with Crippen molar-refractivity contribution in [2.24, 2.45) is 23.7 Å². The average molecular weight is 933 g/mol. The molecule has 3 aromatic heterocycles. The van der Waals surface area contributed by atoms with Crippen LogP contribution in [0.2, 0.25) is 0 Å². The fraction of sp³-hybridized carbons (Fsp3) is 0.660. The Labute approximate surface area is 394 Å². The zero-order valence-electron chi connectivity index (χ0n) is 40.9. The number of fused-ring (bicyclic) bond motifs is 2. The fourth-order valence-corrected chi connectivity index (χ4v) is 10.8. The minimum Gasteiger partial charge on any atom is -0.461 e. The van der Waals surface area contributed by atoms with Gasteiger partial charge >= 0.3 is 18.0 Å². The molecule has 0 unspecified atom stereocenters. The van der Waals surface area contributed by atoms with Crippen LogP contribution < -0.4 is 0 Å². The Hall–Kier alpha value is -4.81. The summed E-state index contributed by atoms with van der Waals surface area (Å²) in [4.78, 5) is 74.3. The zero-order chi connectivity index (χ0) is 48.8. The molecule has 17 nitrogen and oxygen atoms in total. The van der Waals surface area contributed by atoms with Crippen LogP contribution in [-0.2, 0) is 55.8 Å². The van der Waals surface area contributed by atoms with Crippen LogP contribution >= 0.6 is 0 Å². The lowest BCUT2D eigenvalue weighted by Crippen LogP contribution is -2.61. The smallest absolute Gasteiger partial charge is 0.410 e. The Morgan fingerprint density at radius 1 is 1.04 bits per heavy atom. The summed E-state index contributed by atoms with van der Waals surface area (Å²) in [6, 6.07) is 6.11. The van der Waals surface area contributed by atoms with Crippen LogP contribution in [0.4, 0.5) is 4.79 Å². The Morgan fingerprint density at radius 3 is 2.46 bits per heavy atom. The lowest BCUT2D eigenvalue weighted by atomic mass is 9.73. The second-order valence-corrected chi connectivity index (χ2v) is 19.4. The van der Waals surface area contributed by atoms with Gasteiger partial charge in [-0.25, -0.2) is 14.8 Å². The van der Waals surface area contributed by atoms with Gasteiger partial charge in [0.2, 0.25) is 0 Å². The fourth-order valence-electron chi connectivity index (χ4n) is 10.8. The number of imidazole rings is 1. The maximum absolute atomic E-state index is 15.0. The van der Waals surface area contributed by atoms with Crippen LogP contribution in [0.15, 0.2) is 61.8 Å². The molecule has 1 amide bonds. The molecule has 67 heavy (non-hydrogen) atoms. The number of carbonyl (C=O) groups excluding carboxylic acids is 4. The number of likely N-dealkylation sites (N-methyl/N-ethyl adjacent to an activating group) is 1. The number of rotatable bonds is 15. The first-order valence-corrected chi connectivity index (χ1v) is 23.8. The van der Waals surface area contributed by atoms with E-state index in [-0.39, 0.29) is 43.7 Å². The number of hydrogen-bond donors (Lipinski definition) is 1. The summed E-state index contributed by atoms with van der Waals surface area (Å²) in [7, 11) is 3.42. The number of aryl methyl sites for hydroxylation is 1. The largest absolute Gasteiger partial charge is 0.461 e. The number of hydrogen-bond acceptors (Lipinski definition) is 15. The van der Waals surface area contributed by atoms with E-state index in [0.717, 1.165) is 5.52 Å². The van der Waals surface area contributed by atoms with Crippen LogP contribution in [0.25, 0.3) is 11.2 Å². The molecule has 3 fully saturated rings. The van der Waals surface area contributed by atoms with Gasteiger partial charge in [0.1, 0.15) is 24.1 Å². The first kappa shape index (κ1) is 51.6. The Kier molecular flexibility index (Phi) is 17.0. The molecule has 17 heteroatoms. The average Bonchev–Trinajstić information content (AvgIpc) is 3.84. The number of ether oxygens (including phenoxy) is 6. The van der Waals surface area contributed by atoms with Gasteiger partial charge in [-0.2, -0.15) is 0 Å². The molecule has 0 bridgehead atoms. The van der Waals surface area contributed by atoms with Gasteiger partial charge in [0.05, 0.1) is 48.0 Å². The number of amides is 1. The first-order chi connectivity index (χ1) is 31.9. The Morgan fingerprint density at radius 2 is 1.78 bits per heavy atom. The highest BCUT2D eigenvalue weighted by molar-refractivity contribution is 5.85. The number of esters is 2. The molecule has 6 rings (SSSR count). The van der Waals surface area contributed by atoms with Crippen LogP contribution in [0.5, 0.6) is 0 Å². The quantitative estimate of drug-likeness (QED) is 0.0813. The predicted molar refractivity (Wildman–Crippen MR) is 248 cm³/mol. The molecule has 14 atom stereocenters. The highest BCUT2D eigenvalue weighted by Crippen LogP contribution is 2.44. The monoisotopic (exact) mass is 933 g/mol. The molecule has 0 saturated carbocycles. The lowest BCUT2D eigenvalue weighted by molar-refractivity contribution is -0.302. The Balaban J connectivity index is 1.37. The minimum atomic E-state index is -1.44. The van der Waals surface area contributed by atoms with Crippen molar-refractivity contribution < 1.29 is 52.7 Å². The van der Waals surface area contributed by atoms with Crippen LogP contribution in [-0.4, -0.2) is 146 Å². The summed E-state index contributed by atoms with van der Waals surface area (Å²) in [5, 5.41) is 11.9. The lowest BCUT2D eigenvalue weighted by Gasteiger charge is -2.48. The molecule has 0 radical (unpaired) electrons. The molecule has 1 N–H and O–H groups in total. The summed E-state index contributed by atoms with van der Waals surface area (Å²) in [6.45, 7) is 19.6. The van der Waals surface area contributed by atoms with Crippen molar-refractivity contribution in [3.8, 4) is 0 Å². The predicted octanol–water partition coefficient (Wildman–Crippen LogP) is 5.95. The van der Waals surface area contributed by atoms with E-state index in [1.807, 2.05) is 56.3 Å². The third-order valence-corrected chi connectivity index (χ3v) is 14.4. The van der Waals surface area contributed by atoms with Gasteiger partial charge < -0.3 is 43.0 Å². The number of unbranched alkanes of at least 4 members (excludes halogenated alkanes) is 1. The second kappa shape index (κ2) is 22.1. The van der Waals surface area contributed by atoms with E-state index in [0.29, 0.717) is 43.6 Å². The van der Waals surface area contributed by atoms with E-state index in [9.17, 15) is 19.5 Å². The number of carbonyl (C=O) groups is 4. The number of methoxy groups -OCH3 is 1. The SMILES string of the molecule is C=CCN(C)[C@@H]1C[C@H](C)O[C@H](O[C@@H]2[C@@H](C)[C@H](OC(=O)Cc3cccnc3)[C@@H](C)C(=O)O[C@H](CC)[C@@]3(C)OC(=O)N(CCCCn4cnc5ncccc54)[C@@H]3[C@@H](C)C(=O)[C@H](C)C[C@@]2(C)OC)[C@H]1O. The molecule has 3 aliphatic heterocycles. The van der Waals surface area contributed by atoms with Crippen molar-refractivity contribution in [1.82, 2.24) is 29.3 Å². The van der Waals surface area contributed by atoms with E-state index in [2.05, 4.69) is 21.5 Å². The molecule has 0 aliphatic carbocycles. The standard InChI is InChI=1S/C50H72N6O11/c1-12-22-54(10)37-25-31(4)63-47(41(37)59)66-44-33(6)42(65-39(57)26-35-18-16-20-51-28-35)34(7)46(60)64-38(13-2)50(9)43(32(5)40(58)30(3)27-49(44,8)62-11)56(48(61)67-50)24-15-14-23-55-29-53-45-36(55)19-17-21-52-45/h12,16-21,28-34,37-38,41-44,47,59H,1,13-15,22-27H2,2-11H3/t30-,31+,32+,33+,34-,37-,38-,41+,42+,43-,44-,47-,49-,50-/m1/s1. The van der Waals surface area contributed by atoms with E-state index in [1.54, 1.807) is 75.7 Å². The zero-order valence-corrected chi connectivity index (χ0v) is 40.9. The number of aliphatic hydroxyl groups is 1. The third kappa shape index (κ3) is 11.2. The summed E-state index contributed by atoms with van der Waals surface area (Å²) in [5.74, 6) is -4.87. The van der Waals surface area contributed by atoms with Gasteiger partial charge in [0.25, 0.3) is 0 Å². The molecule has 0 spiro atoms. The highest BCUT2D eigenvalue weighted by atomic mass is 16.7. The first-order valence-electron chi connectivity index (χ1n) is 23.8. The normalized spacial score (nSPS) is 34.3. The van der Waals surface area contributed by atoms with Gasteiger partial charge in [-0.3, -0.25) is 24.3 Å². The third-order valence-electron chi connectivity index (χ3n) is 14.4. The highest BCUT2D eigenvalue weighted by Gasteiger charge is 2.60. The summed E-state index contributed by atoms with van der Waals surface area (Å²) >= 11 is 0. The topological polar surface area (TPSA) is 194 Å². The molecule has 3 saturated heterocycles. The number of aliphatic hydroxyl groups excluding tert-OH is 1. The van der Waals surface area contributed by atoms with Crippen LogP contribution in [0.3, 0.4) is 0 Å². The molecule has 0 aromatic carbocycles. The van der Waals surface area contributed by atoms with Crippen molar-refractivity contribution >= 4 is 35.0 Å². The van der Waals surface area contributed by atoms with E-state index < -0.39 is 89.7 Å². The molecular weight excluding hydrogens is 861 g/mol. The maximum Gasteiger partial charge on any atom is 0.410 e. The summed E-state index contributed by atoms with van der Waals surface area (Å²) in [5.41, 5.74) is -0.587. The molecule has 3 aromatic rings. The number of Topliss-reactive ketones (excluding diaryl/α,β-unsaturated/α-hetero) is 1. The molecule has 6 heterocycles. The van der Waals surface area contributed by atoms with Gasteiger partial charge in [-0.15, -0.1) is 6.58 Å². The van der Waals surface area contributed by atoms with Crippen molar-refractivity contribution in [3.05, 3.63) is 67.4 Å². The van der Waals surface area contributed by atoms with Crippen LogP contribution in [0.1, 0.15) is 93.1 Å². The van der Waals surface area contributed by atoms with Gasteiger partial charge in [-0.05, 0) is 90.6 Å². The maximum atomic E-state index is 15.0. The second-order valence-electron chi connectivity index (χ2n) is 19.4. The number of pyridine rings is 2.